The molecule has 2 aliphatic rings. The molecular formula is C12H10O3. The van der Waals surface area contributed by atoms with E-state index in [-0.39, 0.29) is 12.2 Å². The fourth-order valence-electron chi connectivity index (χ4n) is 2.60. The highest BCUT2D eigenvalue weighted by Gasteiger charge is 2.37. The zero-order chi connectivity index (χ0) is 9.83. The quantitative estimate of drug-likeness (QED) is 0.659. The molecule has 15 heavy (non-hydrogen) atoms. The van der Waals surface area contributed by atoms with Gasteiger partial charge in [0.05, 0.1) is 24.7 Å². The lowest BCUT2D eigenvalue weighted by atomic mass is 9.90. The van der Waals surface area contributed by atoms with Gasteiger partial charge >= 0.3 is 0 Å². The second-order valence-electron chi connectivity index (χ2n) is 4.12. The van der Waals surface area contributed by atoms with Crippen molar-refractivity contribution in [1.82, 2.24) is 0 Å². The Morgan fingerprint density at radius 3 is 1.93 bits per heavy atom. The summed E-state index contributed by atoms with van der Waals surface area (Å²) in [5.74, 6) is 2.14. The van der Waals surface area contributed by atoms with E-state index in [1.165, 1.54) is 11.1 Å². The molecule has 0 saturated heterocycles. The highest BCUT2D eigenvalue weighted by atomic mass is 16.5. The van der Waals surface area contributed by atoms with Gasteiger partial charge in [-0.15, -0.1) is 0 Å². The molecule has 4 heterocycles. The van der Waals surface area contributed by atoms with Crippen LogP contribution in [0.5, 0.6) is 0 Å². The van der Waals surface area contributed by atoms with Crippen LogP contribution in [0.3, 0.4) is 0 Å². The lowest BCUT2D eigenvalue weighted by Gasteiger charge is -2.33. The first kappa shape index (κ1) is 7.77. The molecule has 2 aliphatic heterocycles. The van der Waals surface area contributed by atoms with Crippen LogP contribution in [-0.2, 0) is 17.6 Å². The van der Waals surface area contributed by atoms with Crippen LogP contribution in [0.15, 0.2) is 33.5 Å². The Balaban J connectivity index is 1.88. The van der Waals surface area contributed by atoms with Crippen molar-refractivity contribution in [3.63, 3.8) is 0 Å². The van der Waals surface area contributed by atoms with Crippen LogP contribution in [0.4, 0.5) is 0 Å². The third-order valence-corrected chi connectivity index (χ3v) is 3.32. The fourth-order valence-corrected chi connectivity index (χ4v) is 2.60. The maximum Gasteiger partial charge on any atom is 0.112 e. The van der Waals surface area contributed by atoms with E-state index in [0.29, 0.717) is 0 Å². The minimum absolute atomic E-state index is 0.121. The van der Waals surface area contributed by atoms with E-state index < -0.39 is 0 Å². The number of rotatable bonds is 0. The normalized spacial score (nSPS) is 27.2. The van der Waals surface area contributed by atoms with Gasteiger partial charge in [0, 0.05) is 24.0 Å². The van der Waals surface area contributed by atoms with Crippen molar-refractivity contribution >= 4 is 0 Å². The van der Waals surface area contributed by atoms with Gasteiger partial charge in [0.2, 0.25) is 0 Å². The third-order valence-electron chi connectivity index (χ3n) is 3.32. The van der Waals surface area contributed by atoms with Gasteiger partial charge in [-0.3, -0.25) is 0 Å². The number of fused-ring (bicyclic) bond motifs is 6. The molecule has 0 amide bonds. The standard InChI is InChI=1S/C12H10O3/c1-3-13-9-5-12-8-2-4-14-10(8)6-11(15-12)7(1)9/h1-4,11-12H,5-6H2. The smallest absolute Gasteiger partial charge is 0.112 e. The van der Waals surface area contributed by atoms with Gasteiger partial charge in [0.1, 0.15) is 11.5 Å². The fraction of sp³-hybridized carbons (Fsp3) is 0.333. The van der Waals surface area contributed by atoms with Crippen LogP contribution < -0.4 is 0 Å². The van der Waals surface area contributed by atoms with Crippen molar-refractivity contribution < 1.29 is 13.6 Å². The highest BCUT2D eigenvalue weighted by molar-refractivity contribution is 5.33. The van der Waals surface area contributed by atoms with Gasteiger partial charge in [-0.05, 0) is 12.1 Å². The molecule has 4 rings (SSSR count). The molecule has 2 aromatic rings. The van der Waals surface area contributed by atoms with Gasteiger partial charge in [0.25, 0.3) is 0 Å². The van der Waals surface area contributed by atoms with Gasteiger partial charge in [-0.1, -0.05) is 0 Å². The molecule has 0 N–H and O–H groups in total. The van der Waals surface area contributed by atoms with Gasteiger partial charge < -0.3 is 13.6 Å². The highest BCUT2D eigenvalue weighted by Crippen LogP contribution is 2.45. The van der Waals surface area contributed by atoms with Crippen molar-refractivity contribution in [3.8, 4) is 0 Å². The zero-order valence-corrected chi connectivity index (χ0v) is 8.10. The summed E-state index contributed by atoms with van der Waals surface area (Å²) in [6.45, 7) is 0. The summed E-state index contributed by atoms with van der Waals surface area (Å²) in [6.07, 6.45) is 5.39. The van der Waals surface area contributed by atoms with E-state index in [4.69, 9.17) is 13.6 Å². The van der Waals surface area contributed by atoms with Gasteiger partial charge in [-0.2, -0.15) is 0 Å². The van der Waals surface area contributed by atoms with Gasteiger partial charge in [0.15, 0.2) is 0 Å². The predicted molar refractivity (Wildman–Crippen MR) is 51.4 cm³/mol. The molecule has 2 bridgehead atoms. The molecule has 76 valence electrons. The second-order valence-corrected chi connectivity index (χ2v) is 4.12. The van der Waals surface area contributed by atoms with Crippen LogP contribution in [0, 0.1) is 0 Å². The maximum absolute atomic E-state index is 5.97. The molecule has 0 spiro atoms. The Morgan fingerprint density at radius 2 is 1.40 bits per heavy atom. The first-order valence-electron chi connectivity index (χ1n) is 5.20. The Bertz CT molecular complexity index is 462. The number of hydrogen-bond acceptors (Lipinski definition) is 3. The molecule has 2 aromatic heterocycles. The minimum atomic E-state index is 0.121. The van der Waals surface area contributed by atoms with E-state index in [1.807, 2.05) is 12.1 Å². The van der Waals surface area contributed by atoms with Crippen molar-refractivity contribution in [3.05, 3.63) is 47.3 Å². The molecule has 2 atom stereocenters. The lowest BCUT2D eigenvalue weighted by Crippen LogP contribution is -2.25. The third kappa shape index (κ3) is 0.934. The first-order valence-corrected chi connectivity index (χ1v) is 5.20. The Kier molecular flexibility index (Phi) is 1.32. The van der Waals surface area contributed by atoms with E-state index in [2.05, 4.69) is 0 Å². The number of ether oxygens (including phenoxy) is 1. The SMILES string of the molecule is c1cc2c(o1)CC1OC2Cc2occc21. The second kappa shape index (κ2) is 2.55. The van der Waals surface area contributed by atoms with Crippen molar-refractivity contribution in [2.75, 3.05) is 0 Å². The summed E-state index contributed by atoms with van der Waals surface area (Å²) in [5.41, 5.74) is 2.38. The molecule has 0 fully saturated rings. The zero-order valence-electron chi connectivity index (χ0n) is 8.10. The van der Waals surface area contributed by atoms with Crippen molar-refractivity contribution in [1.29, 1.82) is 0 Å². The average Bonchev–Trinajstić information content (AvgIpc) is 2.84. The van der Waals surface area contributed by atoms with Crippen molar-refractivity contribution in [2.45, 2.75) is 25.0 Å². The van der Waals surface area contributed by atoms with Crippen molar-refractivity contribution in [2.24, 2.45) is 0 Å². The van der Waals surface area contributed by atoms with Crippen LogP contribution in [0.1, 0.15) is 34.9 Å². The number of furan rings is 2. The van der Waals surface area contributed by atoms with Crippen LogP contribution in [0.2, 0.25) is 0 Å². The predicted octanol–water partition coefficient (Wildman–Crippen LogP) is 2.78. The molecule has 0 radical (unpaired) electrons. The Hall–Kier alpha value is -1.48. The van der Waals surface area contributed by atoms with Gasteiger partial charge in [-0.25, -0.2) is 0 Å². The molecule has 2 unspecified atom stereocenters. The maximum atomic E-state index is 5.97. The van der Waals surface area contributed by atoms with Crippen LogP contribution in [-0.4, -0.2) is 0 Å². The summed E-state index contributed by atoms with van der Waals surface area (Å²) >= 11 is 0. The summed E-state index contributed by atoms with van der Waals surface area (Å²) < 4.78 is 16.9. The average molecular weight is 202 g/mol. The summed E-state index contributed by atoms with van der Waals surface area (Å²) in [5, 5.41) is 0. The monoisotopic (exact) mass is 202 g/mol. The summed E-state index contributed by atoms with van der Waals surface area (Å²) in [4.78, 5) is 0. The number of hydrogen-bond donors (Lipinski definition) is 0. The van der Waals surface area contributed by atoms with E-state index in [0.717, 1.165) is 24.4 Å². The van der Waals surface area contributed by atoms with E-state index in [1.54, 1.807) is 12.5 Å². The Morgan fingerprint density at radius 1 is 0.867 bits per heavy atom. The van der Waals surface area contributed by atoms with E-state index >= 15 is 0 Å². The summed E-state index contributed by atoms with van der Waals surface area (Å²) in [6, 6.07) is 4.01. The molecule has 0 aromatic carbocycles. The van der Waals surface area contributed by atoms with E-state index in [9.17, 15) is 0 Å². The van der Waals surface area contributed by atoms with Crippen LogP contribution >= 0.6 is 0 Å². The first-order chi connectivity index (χ1) is 7.42. The molecular weight excluding hydrogens is 192 g/mol. The minimum Gasteiger partial charge on any atom is -0.469 e. The Labute approximate surface area is 86.6 Å². The molecule has 0 aliphatic carbocycles. The molecule has 3 nitrogen and oxygen atoms in total. The lowest BCUT2D eigenvalue weighted by molar-refractivity contribution is -0.0473. The topological polar surface area (TPSA) is 35.5 Å². The summed E-state index contributed by atoms with van der Waals surface area (Å²) in [7, 11) is 0. The largest absolute Gasteiger partial charge is 0.469 e. The molecule has 0 saturated carbocycles. The molecule has 3 heteroatoms. The van der Waals surface area contributed by atoms with Crippen LogP contribution in [0.25, 0.3) is 0 Å².